The second-order valence-corrected chi connectivity index (χ2v) is 5.95. The zero-order valence-corrected chi connectivity index (χ0v) is 15.1. The van der Waals surface area contributed by atoms with Crippen LogP contribution in [0.1, 0.15) is 18.4 Å². The Morgan fingerprint density at radius 2 is 2.38 bits per heavy atom. The summed E-state index contributed by atoms with van der Waals surface area (Å²) >= 11 is 6.20. The van der Waals surface area contributed by atoms with E-state index in [9.17, 15) is 10.1 Å². The number of ether oxygens (including phenoxy) is 3. The van der Waals surface area contributed by atoms with Gasteiger partial charge in [0.05, 0.1) is 18.2 Å². The molecule has 1 aliphatic rings. The number of carbonyl (C=O) groups is 1. The first kappa shape index (κ1) is 19.7. The number of benzene rings is 1. The fraction of sp³-hybridized carbons (Fsp3) is 0.368. The first-order valence-corrected chi connectivity index (χ1v) is 8.42. The molecule has 0 saturated carbocycles. The van der Waals surface area contributed by atoms with Crippen LogP contribution in [0.3, 0.4) is 0 Å². The number of terminal acetylenes is 1. The zero-order valence-electron chi connectivity index (χ0n) is 14.4. The van der Waals surface area contributed by atoms with Gasteiger partial charge in [-0.3, -0.25) is 4.79 Å². The van der Waals surface area contributed by atoms with Crippen molar-refractivity contribution in [1.82, 2.24) is 5.32 Å². The van der Waals surface area contributed by atoms with E-state index in [0.717, 1.165) is 12.8 Å². The average molecular weight is 375 g/mol. The highest BCUT2D eigenvalue weighted by Gasteiger charge is 2.18. The lowest BCUT2D eigenvalue weighted by Gasteiger charge is -2.12. The molecule has 0 radical (unpaired) electrons. The molecule has 0 bridgehead atoms. The highest BCUT2D eigenvalue weighted by atomic mass is 35.5. The van der Waals surface area contributed by atoms with Crippen molar-refractivity contribution in [2.24, 2.45) is 0 Å². The summed E-state index contributed by atoms with van der Waals surface area (Å²) in [7, 11) is 1.46. The number of carbonyl (C=O) groups excluding carboxylic acids is 1. The number of nitrogens with one attached hydrogen (secondary N) is 1. The van der Waals surface area contributed by atoms with Gasteiger partial charge in [0.2, 0.25) is 0 Å². The third-order valence-electron chi connectivity index (χ3n) is 3.74. The number of halogens is 1. The molecular formula is C19H19ClN2O4. The lowest BCUT2D eigenvalue weighted by molar-refractivity contribution is -0.117. The number of nitrogens with zero attached hydrogens (tertiary/aromatic N) is 1. The number of hydrogen-bond acceptors (Lipinski definition) is 5. The van der Waals surface area contributed by atoms with E-state index in [-0.39, 0.29) is 23.3 Å². The van der Waals surface area contributed by atoms with E-state index >= 15 is 0 Å². The van der Waals surface area contributed by atoms with Gasteiger partial charge in [0, 0.05) is 13.2 Å². The molecule has 6 nitrogen and oxygen atoms in total. The molecule has 7 heteroatoms. The zero-order chi connectivity index (χ0) is 18.9. The molecule has 26 heavy (non-hydrogen) atoms. The summed E-state index contributed by atoms with van der Waals surface area (Å²) < 4.78 is 16.1. The van der Waals surface area contributed by atoms with Crippen molar-refractivity contribution in [3.63, 3.8) is 0 Å². The second-order valence-electron chi connectivity index (χ2n) is 5.54. The molecule has 1 aromatic rings. The summed E-state index contributed by atoms with van der Waals surface area (Å²) in [5, 5.41) is 12.3. The van der Waals surface area contributed by atoms with Crippen LogP contribution in [-0.4, -0.2) is 38.9 Å². The van der Waals surface area contributed by atoms with E-state index in [0.29, 0.717) is 30.2 Å². The van der Waals surface area contributed by atoms with Crippen molar-refractivity contribution in [3.05, 3.63) is 28.3 Å². The van der Waals surface area contributed by atoms with Crippen molar-refractivity contribution in [3.8, 4) is 29.9 Å². The number of amides is 1. The van der Waals surface area contributed by atoms with E-state index in [2.05, 4.69) is 11.2 Å². The number of rotatable bonds is 7. The average Bonchev–Trinajstić information content (AvgIpc) is 3.16. The molecule has 0 aliphatic carbocycles. The van der Waals surface area contributed by atoms with Crippen molar-refractivity contribution in [1.29, 1.82) is 5.26 Å². The molecule has 1 aromatic carbocycles. The summed E-state index contributed by atoms with van der Waals surface area (Å²) in [4.78, 5) is 12.2. The van der Waals surface area contributed by atoms with E-state index in [1.807, 2.05) is 6.07 Å². The van der Waals surface area contributed by atoms with Crippen molar-refractivity contribution in [2.75, 3.05) is 26.9 Å². The Balaban J connectivity index is 2.16. The highest BCUT2D eigenvalue weighted by molar-refractivity contribution is 6.32. The fourth-order valence-electron chi connectivity index (χ4n) is 2.50. The first-order valence-electron chi connectivity index (χ1n) is 8.04. The SMILES string of the molecule is C#CCOc1c(Cl)cc(/C=C(\C#N)C(=O)NC[C@@H]2CCCO2)cc1OC. The molecule has 1 aliphatic heterocycles. The Labute approximate surface area is 157 Å². The number of methoxy groups -OCH3 is 1. The van der Waals surface area contributed by atoms with Gasteiger partial charge in [-0.05, 0) is 36.6 Å². The Kier molecular flexibility index (Phi) is 7.35. The second kappa shape index (κ2) is 9.72. The lowest BCUT2D eigenvalue weighted by atomic mass is 10.1. The van der Waals surface area contributed by atoms with Crippen LogP contribution in [0.5, 0.6) is 11.5 Å². The third-order valence-corrected chi connectivity index (χ3v) is 4.02. The summed E-state index contributed by atoms with van der Waals surface area (Å²) in [6.45, 7) is 1.12. The van der Waals surface area contributed by atoms with Crippen LogP contribution in [0.4, 0.5) is 0 Å². The predicted octanol–water partition coefficient (Wildman–Crippen LogP) is 2.56. The Morgan fingerprint density at radius 3 is 3.00 bits per heavy atom. The monoisotopic (exact) mass is 374 g/mol. The van der Waals surface area contributed by atoms with Gasteiger partial charge >= 0.3 is 0 Å². The lowest BCUT2D eigenvalue weighted by Crippen LogP contribution is -2.32. The van der Waals surface area contributed by atoms with E-state index in [4.69, 9.17) is 32.2 Å². The van der Waals surface area contributed by atoms with Gasteiger partial charge in [-0.15, -0.1) is 6.42 Å². The van der Waals surface area contributed by atoms with Crippen LogP contribution >= 0.6 is 11.6 Å². The molecule has 1 atom stereocenters. The van der Waals surface area contributed by atoms with E-state index in [1.165, 1.54) is 13.2 Å². The Hall–Kier alpha value is -2.67. The van der Waals surface area contributed by atoms with Crippen LogP contribution in [0.25, 0.3) is 6.08 Å². The predicted molar refractivity (Wildman–Crippen MR) is 97.9 cm³/mol. The molecule has 2 rings (SSSR count). The molecular weight excluding hydrogens is 356 g/mol. The molecule has 1 fully saturated rings. The third kappa shape index (κ3) is 5.16. The molecule has 1 N–H and O–H groups in total. The molecule has 0 aromatic heterocycles. The molecule has 1 heterocycles. The van der Waals surface area contributed by atoms with E-state index in [1.54, 1.807) is 12.1 Å². The largest absolute Gasteiger partial charge is 0.493 e. The molecule has 1 saturated heterocycles. The van der Waals surface area contributed by atoms with Crippen molar-refractivity contribution < 1.29 is 19.0 Å². The van der Waals surface area contributed by atoms with Gasteiger partial charge in [0.15, 0.2) is 11.5 Å². The van der Waals surface area contributed by atoms with Crippen LogP contribution in [0, 0.1) is 23.7 Å². The topological polar surface area (TPSA) is 80.6 Å². The van der Waals surface area contributed by atoms with Crippen molar-refractivity contribution in [2.45, 2.75) is 18.9 Å². The minimum Gasteiger partial charge on any atom is -0.493 e. The summed E-state index contributed by atoms with van der Waals surface area (Å²) in [6, 6.07) is 5.08. The quantitative estimate of drug-likeness (QED) is 0.450. The maximum atomic E-state index is 12.2. The number of nitriles is 1. The molecule has 136 valence electrons. The summed E-state index contributed by atoms with van der Waals surface area (Å²) in [6.07, 6.45) is 8.50. The minimum absolute atomic E-state index is 0.000943. The number of hydrogen-bond donors (Lipinski definition) is 1. The van der Waals surface area contributed by atoms with Crippen LogP contribution in [0.15, 0.2) is 17.7 Å². The van der Waals surface area contributed by atoms with E-state index < -0.39 is 5.91 Å². The standard InChI is InChI=1S/C19H19ClN2O4/c1-3-6-26-18-16(20)9-13(10-17(18)24-2)8-14(11-21)19(23)22-12-15-5-4-7-25-15/h1,8-10,15H,4-7,12H2,2H3,(H,22,23)/b14-8+/t15-/m0/s1. The summed E-state index contributed by atoms with van der Waals surface area (Å²) in [5.74, 6) is 2.55. The maximum Gasteiger partial charge on any atom is 0.262 e. The first-order chi connectivity index (χ1) is 12.6. The molecule has 0 spiro atoms. The Morgan fingerprint density at radius 1 is 1.58 bits per heavy atom. The van der Waals surface area contributed by atoms with Gasteiger partial charge in [-0.1, -0.05) is 17.5 Å². The van der Waals surface area contributed by atoms with Gasteiger partial charge in [0.1, 0.15) is 18.2 Å². The minimum atomic E-state index is -0.467. The highest BCUT2D eigenvalue weighted by Crippen LogP contribution is 2.37. The van der Waals surface area contributed by atoms with Crippen LogP contribution in [-0.2, 0) is 9.53 Å². The Bertz CT molecular complexity index is 771. The van der Waals surface area contributed by atoms with Crippen molar-refractivity contribution >= 4 is 23.6 Å². The normalized spacial score (nSPS) is 16.5. The van der Waals surface area contributed by atoms with Crippen LogP contribution in [0.2, 0.25) is 5.02 Å². The molecule has 1 amide bonds. The maximum absolute atomic E-state index is 12.2. The smallest absolute Gasteiger partial charge is 0.262 e. The fourth-order valence-corrected chi connectivity index (χ4v) is 2.77. The van der Waals surface area contributed by atoms with Gasteiger partial charge in [-0.2, -0.15) is 5.26 Å². The van der Waals surface area contributed by atoms with Gasteiger partial charge < -0.3 is 19.5 Å². The van der Waals surface area contributed by atoms with Gasteiger partial charge in [0.25, 0.3) is 5.91 Å². The van der Waals surface area contributed by atoms with Crippen LogP contribution < -0.4 is 14.8 Å². The van der Waals surface area contributed by atoms with Gasteiger partial charge in [-0.25, -0.2) is 0 Å². The molecule has 0 unspecified atom stereocenters. The summed E-state index contributed by atoms with van der Waals surface area (Å²) in [5.41, 5.74) is 0.488.